The molecule has 2 aliphatic rings. The predicted octanol–water partition coefficient (Wildman–Crippen LogP) is 3.95. The van der Waals surface area contributed by atoms with E-state index in [1.165, 1.54) is 22.9 Å². The zero-order valence-electron chi connectivity index (χ0n) is 17.1. The molecule has 2 heterocycles. The minimum atomic E-state index is -0.145. The Morgan fingerprint density at radius 1 is 1.24 bits per heavy atom. The Hall–Kier alpha value is -1.92. The number of hydrogen-bond donors (Lipinski definition) is 1. The minimum Gasteiger partial charge on any atom is -0.367 e. The number of anilines is 1. The van der Waals surface area contributed by atoms with Crippen LogP contribution in [0.4, 0.5) is 10.1 Å². The average molecular weight is 416 g/mol. The SMILES string of the molecule is C[C@H]1CCc2c(C(=O)NCCCN3CCN(c4ccccc4F)CC3)csc2C1. The van der Waals surface area contributed by atoms with Gasteiger partial charge in [0.05, 0.1) is 11.3 Å². The lowest BCUT2D eigenvalue weighted by molar-refractivity contribution is 0.0950. The third-order valence-corrected chi connectivity index (χ3v) is 7.20. The molecule has 1 saturated heterocycles. The topological polar surface area (TPSA) is 35.6 Å². The van der Waals surface area contributed by atoms with Crippen LogP contribution in [0, 0.1) is 11.7 Å². The molecular formula is C23H30FN3OS. The van der Waals surface area contributed by atoms with Gasteiger partial charge >= 0.3 is 0 Å². The molecule has 1 amide bonds. The van der Waals surface area contributed by atoms with Crippen LogP contribution >= 0.6 is 11.3 Å². The molecule has 0 unspecified atom stereocenters. The van der Waals surface area contributed by atoms with Crippen LogP contribution < -0.4 is 10.2 Å². The summed E-state index contributed by atoms with van der Waals surface area (Å²) in [5.41, 5.74) is 2.89. The Labute approximate surface area is 176 Å². The van der Waals surface area contributed by atoms with Gasteiger partial charge in [0, 0.05) is 43.0 Å². The van der Waals surface area contributed by atoms with Crippen LogP contribution in [0.25, 0.3) is 0 Å². The summed E-state index contributed by atoms with van der Waals surface area (Å²) in [7, 11) is 0. The highest BCUT2D eigenvalue weighted by atomic mass is 32.1. The van der Waals surface area contributed by atoms with Crippen LogP contribution in [0.1, 0.15) is 40.6 Å². The number of fused-ring (bicyclic) bond motifs is 1. The highest BCUT2D eigenvalue weighted by Crippen LogP contribution is 2.32. The van der Waals surface area contributed by atoms with Gasteiger partial charge in [-0.15, -0.1) is 11.3 Å². The maximum absolute atomic E-state index is 13.9. The molecule has 1 N–H and O–H groups in total. The van der Waals surface area contributed by atoms with Crippen molar-refractivity contribution < 1.29 is 9.18 Å². The van der Waals surface area contributed by atoms with Gasteiger partial charge in [-0.2, -0.15) is 0 Å². The van der Waals surface area contributed by atoms with Crippen LogP contribution in [0.15, 0.2) is 29.6 Å². The molecule has 156 valence electrons. The number of hydrogen-bond acceptors (Lipinski definition) is 4. The molecule has 4 nitrogen and oxygen atoms in total. The van der Waals surface area contributed by atoms with E-state index in [2.05, 4.69) is 22.0 Å². The van der Waals surface area contributed by atoms with Gasteiger partial charge in [-0.3, -0.25) is 9.69 Å². The maximum Gasteiger partial charge on any atom is 0.252 e. The van der Waals surface area contributed by atoms with Crippen molar-refractivity contribution in [3.8, 4) is 0 Å². The van der Waals surface area contributed by atoms with E-state index in [0.29, 0.717) is 12.2 Å². The summed E-state index contributed by atoms with van der Waals surface area (Å²) in [5, 5.41) is 5.15. The van der Waals surface area contributed by atoms with E-state index in [0.717, 1.165) is 63.5 Å². The predicted molar refractivity (Wildman–Crippen MR) is 118 cm³/mol. The van der Waals surface area contributed by atoms with Crippen molar-refractivity contribution in [2.45, 2.75) is 32.6 Å². The fourth-order valence-electron chi connectivity index (χ4n) is 4.39. The number of amides is 1. The Bertz CT molecular complexity index is 844. The number of carbonyl (C=O) groups excluding carboxylic acids is 1. The normalized spacial score (nSPS) is 19.8. The van der Waals surface area contributed by atoms with Gasteiger partial charge in [0.1, 0.15) is 5.82 Å². The first-order valence-corrected chi connectivity index (χ1v) is 11.6. The van der Waals surface area contributed by atoms with Gasteiger partial charge in [0.2, 0.25) is 0 Å². The van der Waals surface area contributed by atoms with E-state index < -0.39 is 0 Å². The van der Waals surface area contributed by atoms with Crippen molar-refractivity contribution in [3.63, 3.8) is 0 Å². The van der Waals surface area contributed by atoms with E-state index in [1.54, 1.807) is 17.4 Å². The molecule has 0 bridgehead atoms. The molecule has 1 aromatic carbocycles. The number of benzene rings is 1. The summed E-state index contributed by atoms with van der Waals surface area (Å²) >= 11 is 1.74. The van der Waals surface area contributed by atoms with Crippen molar-refractivity contribution in [3.05, 3.63) is 51.5 Å². The smallest absolute Gasteiger partial charge is 0.252 e. The zero-order valence-corrected chi connectivity index (χ0v) is 17.9. The molecule has 29 heavy (non-hydrogen) atoms. The first-order valence-electron chi connectivity index (χ1n) is 10.7. The second kappa shape index (κ2) is 9.26. The molecule has 1 aliphatic carbocycles. The molecule has 0 spiro atoms. The van der Waals surface area contributed by atoms with Crippen molar-refractivity contribution in [1.29, 1.82) is 0 Å². The third-order valence-electron chi connectivity index (χ3n) is 6.15. The van der Waals surface area contributed by atoms with E-state index >= 15 is 0 Å². The van der Waals surface area contributed by atoms with Gasteiger partial charge in [0.25, 0.3) is 5.91 Å². The van der Waals surface area contributed by atoms with Gasteiger partial charge in [-0.05, 0) is 55.8 Å². The molecular weight excluding hydrogens is 385 g/mol. The molecule has 1 aromatic heterocycles. The number of piperazine rings is 1. The quantitative estimate of drug-likeness (QED) is 0.726. The lowest BCUT2D eigenvalue weighted by Gasteiger charge is -2.36. The van der Waals surface area contributed by atoms with Crippen molar-refractivity contribution >= 4 is 22.9 Å². The monoisotopic (exact) mass is 415 g/mol. The Morgan fingerprint density at radius 3 is 2.83 bits per heavy atom. The summed E-state index contributed by atoms with van der Waals surface area (Å²) in [4.78, 5) is 18.5. The van der Waals surface area contributed by atoms with Crippen LogP contribution in [0.3, 0.4) is 0 Å². The Balaban J connectivity index is 1.18. The standard InChI is InChI=1S/C23H30FN3OS/c1-17-7-8-18-19(16-29-22(18)15-17)23(28)25-9-4-10-26-11-13-27(14-12-26)21-6-3-2-5-20(21)24/h2-3,5-6,16-17H,4,7-15H2,1H3,(H,25,28)/t17-/m0/s1. The van der Waals surface area contributed by atoms with Gasteiger partial charge in [-0.1, -0.05) is 19.1 Å². The number of halogens is 1. The Kier molecular flexibility index (Phi) is 6.50. The van der Waals surface area contributed by atoms with Crippen LogP contribution in [0.5, 0.6) is 0 Å². The summed E-state index contributed by atoms with van der Waals surface area (Å²) in [6.45, 7) is 7.49. The molecule has 1 atom stereocenters. The fourth-order valence-corrected chi connectivity index (χ4v) is 5.63. The summed E-state index contributed by atoms with van der Waals surface area (Å²) < 4.78 is 13.9. The molecule has 0 saturated carbocycles. The first-order chi connectivity index (χ1) is 14.1. The van der Waals surface area contributed by atoms with E-state index in [-0.39, 0.29) is 11.7 Å². The van der Waals surface area contributed by atoms with Crippen molar-refractivity contribution in [2.24, 2.45) is 5.92 Å². The molecule has 0 radical (unpaired) electrons. The Morgan fingerprint density at radius 2 is 2.03 bits per heavy atom. The number of rotatable bonds is 6. The second-order valence-corrected chi connectivity index (χ2v) is 9.25. The van der Waals surface area contributed by atoms with Crippen molar-refractivity contribution in [2.75, 3.05) is 44.2 Å². The second-order valence-electron chi connectivity index (χ2n) is 8.29. The third kappa shape index (κ3) is 4.81. The number of carbonyl (C=O) groups is 1. The highest BCUT2D eigenvalue weighted by Gasteiger charge is 2.23. The molecule has 4 rings (SSSR count). The maximum atomic E-state index is 13.9. The van der Waals surface area contributed by atoms with Gasteiger partial charge < -0.3 is 10.2 Å². The van der Waals surface area contributed by atoms with Crippen LogP contribution in [0.2, 0.25) is 0 Å². The van der Waals surface area contributed by atoms with E-state index in [1.807, 2.05) is 17.5 Å². The number of nitrogens with one attached hydrogen (secondary N) is 1. The highest BCUT2D eigenvalue weighted by molar-refractivity contribution is 7.10. The summed E-state index contributed by atoms with van der Waals surface area (Å²) in [6.07, 6.45) is 4.28. The number of nitrogens with zero attached hydrogens (tertiary/aromatic N) is 2. The molecule has 6 heteroatoms. The molecule has 1 fully saturated rings. The largest absolute Gasteiger partial charge is 0.367 e. The van der Waals surface area contributed by atoms with Crippen LogP contribution in [-0.2, 0) is 12.8 Å². The van der Waals surface area contributed by atoms with Crippen molar-refractivity contribution in [1.82, 2.24) is 10.2 Å². The van der Waals surface area contributed by atoms with Gasteiger partial charge in [0.15, 0.2) is 0 Å². The lowest BCUT2D eigenvalue weighted by Crippen LogP contribution is -2.47. The lowest BCUT2D eigenvalue weighted by atomic mass is 9.88. The first kappa shape index (κ1) is 20.4. The number of para-hydroxylation sites is 1. The van der Waals surface area contributed by atoms with Gasteiger partial charge in [-0.25, -0.2) is 4.39 Å². The van der Waals surface area contributed by atoms with E-state index in [9.17, 15) is 9.18 Å². The zero-order chi connectivity index (χ0) is 20.2. The van der Waals surface area contributed by atoms with E-state index in [4.69, 9.17) is 0 Å². The fraction of sp³-hybridized carbons (Fsp3) is 0.522. The summed E-state index contributed by atoms with van der Waals surface area (Å²) in [5.74, 6) is 0.672. The van der Waals surface area contributed by atoms with Crippen LogP contribution in [-0.4, -0.2) is 50.1 Å². The minimum absolute atomic E-state index is 0.0847. The number of thiophene rings is 1. The average Bonchev–Trinajstić information content (AvgIpc) is 3.15. The summed E-state index contributed by atoms with van der Waals surface area (Å²) in [6, 6.07) is 6.99. The molecule has 2 aromatic rings. The molecule has 1 aliphatic heterocycles.